The van der Waals surface area contributed by atoms with Gasteiger partial charge in [0.1, 0.15) is 0 Å². The highest BCUT2D eigenvalue weighted by Crippen LogP contribution is 2.26. The third-order valence-electron chi connectivity index (χ3n) is 3.39. The first kappa shape index (κ1) is 15.1. The minimum atomic E-state index is -2.88. The molecule has 0 spiro atoms. The van der Waals surface area contributed by atoms with Gasteiger partial charge in [0.05, 0.1) is 27.7 Å². The van der Waals surface area contributed by atoms with Gasteiger partial charge in [0.2, 0.25) is 0 Å². The SMILES string of the molecule is O=S1(=O)CCC(CC(O)Cc2ccc(Cl)c(Cl)c2)C1. The van der Waals surface area contributed by atoms with Crippen molar-refractivity contribution in [3.63, 3.8) is 0 Å². The maximum atomic E-state index is 11.3. The van der Waals surface area contributed by atoms with Gasteiger partial charge < -0.3 is 5.11 Å². The monoisotopic (exact) mass is 322 g/mol. The van der Waals surface area contributed by atoms with Gasteiger partial charge >= 0.3 is 0 Å². The van der Waals surface area contributed by atoms with Crippen molar-refractivity contribution in [1.29, 1.82) is 0 Å². The van der Waals surface area contributed by atoms with Gasteiger partial charge in [0, 0.05) is 0 Å². The van der Waals surface area contributed by atoms with E-state index in [-0.39, 0.29) is 17.4 Å². The summed E-state index contributed by atoms with van der Waals surface area (Å²) in [5, 5.41) is 11.0. The number of hydrogen-bond donors (Lipinski definition) is 1. The van der Waals surface area contributed by atoms with E-state index in [0.29, 0.717) is 29.3 Å². The van der Waals surface area contributed by atoms with Crippen LogP contribution in [0, 0.1) is 5.92 Å². The zero-order chi connectivity index (χ0) is 14.0. The van der Waals surface area contributed by atoms with E-state index in [1.807, 2.05) is 6.07 Å². The third-order valence-corrected chi connectivity index (χ3v) is 5.96. The standard InChI is InChI=1S/C13H16Cl2O3S/c14-12-2-1-9(7-13(12)15)5-11(16)6-10-3-4-19(17,18)8-10/h1-2,7,10-11,16H,3-6,8H2. The topological polar surface area (TPSA) is 54.4 Å². The Kier molecular flexibility index (Phi) is 4.77. The fourth-order valence-electron chi connectivity index (χ4n) is 2.46. The van der Waals surface area contributed by atoms with E-state index in [2.05, 4.69) is 0 Å². The lowest BCUT2D eigenvalue weighted by molar-refractivity contribution is 0.147. The van der Waals surface area contributed by atoms with E-state index < -0.39 is 15.9 Å². The van der Waals surface area contributed by atoms with Crippen LogP contribution in [0.1, 0.15) is 18.4 Å². The average Bonchev–Trinajstić information content (AvgIpc) is 2.63. The molecule has 2 unspecified atom stereocenters. The zero-order valence-corrected chi connectivity index (χ0v) is 12.7. The molecule has 2 atom stereocenters. The number of aliphatic hydroxyl groups is 1. The first-order valence-electron chi connectivity index (χ1n) is 6.18. The van der Waals surface area contributed by atoms with Gasteiger partial charge in [0.25, 0.3) is 0 Å². The molecule has 0 aromatic heterocycles. The molecule has 1 aliphatic heterocycles. The normalized spacial score (nSPS) is 23.4. The fraction of sp³-hybridized carbons (Fsp3) is 0.538. The van der Waals surface area contributed by atoms with Crippen LogP contribution in [0.2, 0.25) is 10.0 Å². The molecule has 0 aliphatic carbocycles. The van der Waals surface area contributed by atoms with Gasteiger partial charge in [-0.3, -0.25) is 0 Å². The Morgan fingerprint density at radius 2 is 2.05 bits per heavy atom. The highest BCUT2D eigenvalue weighted by molar-refractivity contribution is 7.91. The Bertz CT molecular complexity index is 557. The first-order valence-corrected chi connectivity index (χ1v) is 8.76. The predicted molar refractivity (Wildman–Crippen MR) is 77.6 cm³/mol. The van der Waals surface area contributed by atoms with Crippen LogP contribution in [0.4, 0.5) is 0 Å². The number of sulfone groups is 1. The highest BCUT2D eigenvalue weighted by Gasteiger charge is 2.29. The number of aliphatic hydroxyl groups excluding tert-OH is 1. The lowest BCUT2D eigenvalue weighted by Crippen LogP contribution is -2.17. The van der Waals surface area contributed by atoms with Gasteiger partial charge in [0.15, 0.2) is 9.84 Å². The quantitative estimate of drug-likeness (QED) is 0.927. The van der Waals surface area contributed by atoms with Crippen LogP contribution in [0.3, 0.4) is 0 Å². The summed E-state index contributed by atoms with van der Waals surface area (Å²) in [5.74, 6) is 0.519. The van der Waals surface area contributed by atoms with E-state index in [1.54, 1.807) is 12.1 Å². The average molecular weight is 323 g/mol. The van der Waals surface area contributed by atoms with Crippen molar-refractivity contribution < 1.29 is 13.5 Å². The van der Waals surface area contributed by atoms with Crippen LogP contribution in [0.15, 0.2) is 18.2 Å². The molecule has 6 heteroatoms. The Morgan fingerprint density at radius 1 is 1.32 bits per heavy atom. The Hall–Kier alpha value is -0.290. The smallest absolute Gasteiger partial charge is 0.150 e. The molecule has 0 radical (unpaired) electrons. The summed E-state index contributed by atoms with van der Waals surface area (Å²) in [6.45, 7) is 0. The molecule has 106 valence electrons. The second-order valence-corrected chi connectivity index (χ2v) is 8.15. The molecule has 19 heavy (non-hydrogen) atoms. The summed E-state index contributed by atoms with van der Waals surface area (Å²) in [4.78, 5) is 0. The van der Waals surface area contributed by atoms with E-state index in [1.165, 1.54) is 0 Å². The molecule has 1 aromatic carbocycles. The molecule has 2 rings (SSSR count). The summed E-state index contributed by atoms with van der Waals surface area (Å²) < 4.78 is 22.7. The summed E-state index contributed by atoms with van der Waals surface area (Å²) in [5.41, 5.74) is 0.905. The van der Waals surface area contributed by atoms with Crippen molar-refractivity contribution in [3.05, 3.63) is 33.8 Å². The molecule has 1 N–H and O–H groups in total. The molecule has 0 bridgehead atoms. The maximum Gasteiger partial charge on any atom is 0.150 e. The molecule has 1 heterocycles. The van der Waals surface area contributed by atoms with Crippen LogP contribution in [0.25, 0.3) is 0 Å². The molecule has 1 aliphatic rings. The van der Waals surface area contributed by atoms with Crippen LogP contribution in [-0.2, 0) is 16.3 Å². The van der Waals surface area contributed by atoms with E-state index >= 15 is 0 Å². The van der Waals surface area contributed by atoms with Crippen molar-refractivity contribution >= 4 is 33.0 Å². The zero-order valence-electron chi connectivity index (χ0n) is 10.4. The van der Waals surface area contributed by atoms with Gasteiger partial charge in [-0.1, -0.05) is 29.3 Å². The maximum absolute atomic E-state index is 11.3. The number of benzene rings is 1. The summed E-state index contributed by atoms with van der Waals surface area (Å²) >= 11 is 11.7. The van der Waals surface area contributed by atoms with Crippen LogP contribution < -0.4 is 0 Å². The molecule has 1 fully saturated rings. The summed E-state index contributed by atoms with van der Waals surface area (Å²) in [6.07, 6.45) is 1.09. The number of halogens is 2. The van der Waals surface area contributed by atoms with Gasteiger partial charge in [-0.05, 0) is 42.9 Å². The van der Waals surface area contributed by atoms with Crippen LogP contribution in [-0.4, -0.2) is 31.1 Å². The lowest BCUT2D eigenvalue weighted by Gasteiger charge is -2.14. The Balaban J connectivity index is 1.91. The minimum Gasteiger partial charge on any atom is -0.393 e. The van der Waals surface area contributed by atoms with E-state index in [0.717, 1.165) is 5.56 Å². The van der Waals surface area contributed by atoms with Crippen molar-refractivity contribution in [1.82, 2.24) is 0 Å². The Labute approximate surface area is 123 Å². The fourth-order valence-corrected chi connectivity index (χ4v) is 4.67. The molecule has 3 nitrogen and oxygen atoms in total. The first-order chi connectivity index (χ1) is 8.85. The molecular weight excluding hydrogens is 307 g/mol. The minimum absolute atomic E-state index is 0.0720. The summed E-state index contributed by atoms with van der Waals surface area (Å²) in [7, 11) is -2.88. The Morgan fingerprint density at radius 3 is 2.63 bits per heavy atom. The number of rotatable bonds is 4. The molecular formula is C13H16Cl2O3S. The van der Waals surface area contributed by atoms with Crippen LogP contribution in [0.5, 0.6) is 0 Å². The summed E-state index contributed by atoms with van der Waals surface area (Å²) in [6, 6.07) is 5.26. The van der Waals surface area contributed by atoms with Crippen molar-refractivity contribution in [3.8, 4) is 0 Å². The van der Waals surface area contributed by atoms with Crippen molar-refractivity contribution in [2.24, 2.45) is 5.92 Å². The second kappa shape index (κ2) is 6.00. The van der Waals surface area contributed by atoms with Gasteiger partial charge in [-0.25, -0.2) is 8.42 Å². The largest absolute Gasteiger partial charge is 0.393 e. The lowest BCUT2D eigenvalue weighted by atomic mass is 9.97. The van der Waals surface area contributed by atoms with Crippen LogP contribution >= 0.6 is 23.2 Å². The molecule has 1 aromatic rings. The molecule has 0 amide bonds. The molecule has 0 saturated carbocycles. The number of hydrogen-bond acceptors (Lipinski definition) is 3. The molecule has 1 saturated heterocycles. The predicted octanol–water partition coefficient (Wildman–Crippen LogP) is 2.72. The van der Waals surface area contributed by atoms with Crippen molar-refractivity contribution in [2.45, 2.75) is 25.4 Å². The third kappa shape index (κ3) is 4.35. The highest BCUT2D eigenvalue weighted by atomic mass is 35.5. The van der Waals surface area contributed by atoms with E-state index in [4.69, 9.17) is 23.2 Å². The van der Waals surface area contributed by atoms with Crippen molar-refractivity contribution in [2.75, 3.05) is 11.5 Å². The van der Waals surface area contributed by atoms with E-state index in [9.17, 15) is 13.5 Å². The van der Waals surface area contributed by atoms with Gasteiger partial charge in [-0.2, -0.15) is 0 Å². The van der Waals surface area contributed by atoms with Gasteiger partial charge in [-0.15, -0.1) is 0 Å². The second-order valence-electron chi connectivity index (χ2n) is 5.11.